The van der Waals surface area contributed by atoms with Crippen LogP contribution in [0.15, 0.2) is 47.8 Å². The number of thiazole rings is 1. The smallest absolute Gasteiger partial charge is 0.387 e. The highest BCUT2D eigenvalue weighted by atomic mass is 32.1. The van der Waals surface area contributed by atoms with E-state index in [-0.39, 0.29) is 17.4 Å². The van der Waals surface area contributed by atoms with E-state index in [0.29, 0.717) is 38.3 Å². The van der Waals surface area contributed by atoms with Crippen molar-refractivity contribution in [3.05, 3.63) is 59.1 Å². The van der Waals surface area contributed by atoms with Gasteiger partial charge in [0, 0.05) is 49.2 Å². The maximum Gasteiger partial charge on any atom is 0.387 e. The molecule has 0 bridgehead atoms. The van der Waals surface area contributed by atoms with Gasteiger partial charge in [-0.05, 0) is 42.5 Å². The molecule has 1 fully saturated rings. The zero-order valence-electron chi connectivity index (χ0n) is 18.9. The SMILES string of the molecule is COc1ccc(-c2nc(CN3CCN(C(=O)c4ccc(OC(F)F)c(OC)c4)CC3)cs2)cc1. The van der Waals surface area contributed by atoms with Crippen LogP contribution in [0.5, 0.6) is 17.2 Å². The molecule has 0 spiro atoms. The highest BCUT2D eigenvalue weighted by Gasteiger charge is 2.24. The Balaban J connectivity index is 1.33. The van der Waals surface area contributed by atoms with E-state index in [2.05, 4.69) is 15.0 Å². The minimum atomic E-state index is -2.96. The van der Waals surface area contributed by atoms with Gasteiger partial charge in [-0.15, -0.1) is 11.3 Å². The second-order valence-corrected chi connectivity index (χ2v) is 8.54. The Morgan fingerprint density at radius 1 is 1.03 bits per heavy atom. The number of carbonyl (C=O) groups is 1. The van der Waals surface area contributed by atoms with Crippen molar-refractivity contribution >= 4 is 17.2 Å². The van der Waals surface area contributed by atoms with Gasteiger partial charge in [0.2, 0.25) is 0 Å². The number of methoxy groups -OCH3 is 2. The quantitative estimate of drug-likeness (QED) is 0.468. The lowest BCUT2D eigenvalue weighted by Crippen LogP contribution is -2.48. The fourth-order valence-corrected chi connectivity index (χ4v) is 4.58. The number of benzene rings is 2. The number of amides is 1. The van der Waals surface area contributed by atoms with Crippen LogP contribution in [0.3, 0.4) is 0 Å². The van der Waals surface area contributed by atoms with Gasteiger partial charge in [-0.25, -0.2) is 4.98 Å². The molecule has 4 rings (SSSR count). The zero-order valence-corrected chi connectivity index (χ0v) is 19.7. The summed E-state index contributed by atoms with van der Waals surface area (Å²) in [7, 11) is 2.99. The van der Waals surface area contributed by atoms with E-state index in [1.165, 1.54) is 25.3 Å². The van der Waals surface area contributed by atoms with Crippen LogP contribution in [-0.2, 0) is 6.54 Å². The molecule has 0 aliphatic carbocycles. The number of aromatic nitrogens is 1. The van der Waals surface area contributed by atoms with Gasteiger partial charge in [-0.2, -0.15) is 8.78 Å². The Hall–Kier alpha value is -3.24. The molecule has 1 aromatic heterocycles. The average Bonchev–Trinajstić information content (AvgIpc) is 3.32. The van der Waals surface area contributed by atoms with Crippen LogP contribution in [0.1, 0.15) is 16.1 Å². The Labute approximate surface area is 200 Å². The normalized spacial score (nSPS) is 14.3. The van der Waals surface area contributed by atoms with Crippen LogP contribution >= 0.6 is 11.3 Å². The lowest BCUT2D eigenvalue weighted by atomic mass is 10.1. The minimum Gasteiger partial charge on any atom is -0.497 e. The fourth-order valence-electron chi connectivity index (χ4n) is 3.76. The summed E-state index contributed by atoms with van der Waals surface area (Å²) < 4.78 is 39.8. The molecule has 0 unspecified atom stereocenters. The molecule has 1 aliphatic heterocycles. The van der Waals surface area contributed by atoms with E-state index in [1.807, 2.05) is 24.3 Å². The second-order valence-electron chi connectivity index (χ2n) is 7.68. The first-order valence-electron chi connectivity index (χ1n) is 10.7. The molecule has 3 aromatic rings. The predicted molar refractivity (Wildman–Crippen MR) is 125 cm³/mol. The third-order valence-corrected chi connectivity index (χ3v) is 6.50. The fraction of sp³-hybridized carbons (Fsp3) is 0.333. The van der Waals surface area contributed by atoms with E-state index >= 15 is 0 Å². The van der Waals surface area contributed by atoms with Crippen molar-refractivity contribution in [2.45, 2.75) is 13.2 Å². The van der Waals surface area contributed by atoms with Crippen LogP contribution in [0.2, 0.25) is 0 Å². The molecular weight excluding hydrogens is 464 g/mol. The molecular formula is C24H25F2N3O4S. The number of hydrogen-bond acceptors (Lipinski definition) is 7. The average molecular weight is 490 g/mol. The third kappa shape index (κ3) is 5.63. The van der Waals surface area contributed by atoms with Gasteiger partial charge in [0.1, 0.15) is 10.8 Å². The molecule has 34 heavy (non-hydrogen) atoms. The molecule has 0 radical (unpaired) electrons. The van der Waals surface area contributed by atoms with E-state index in [1.54, 1.807) is 23.3 Å². The summed E-state index contributed by atoms with van der Waals surface area (Å²) in [6, 6.07) is 12.1. The number of piperazine rings is 1. The van der Waals surface area contributed by atoms with Gasteiger partial charge in [0.15, 0.2) is 11.5 Å². The van der Waals surface area contributed by atoms with Crippen LogP contribution in [-0.4, -0.2) is 67.7 Å². The molecule has 2 aromatic carbocycles. The molecule has 1 amide bonds. The Morgan fingerprint density at radius 2 is 1.76 bits per heavy atom. The number of alkyl halides is 2. The second kappa shape index (κ2) is 10.8. The molecule has 7 nitrogen and oxygen atoms in total. The zero-order chi connectivity index (χ0) is 24.1. The molecule has 2 heterocycles. The summed E-state index contributed by atoms with van der Waals surface area (Å²) in [6.07, 6.45) is 0. The molecule has 1 saturated heterocycles. The van der Waals surface area contributed by atoms with Crippen LogP contribution in [0.25, 0.3) is 10.6 Å². The number of halogens is 2. The van der Waals surface area contributed by atoms with Gasteiger partial charge in [-0.1, -0.05) is 0 Å². The summed E-state index contributed by atoms with van der Waals surface area (Å²) in [5.74, 6) is 0.637. The Kier molecular flexibility index (Phi) is 7.59. The standard InChI is InChI=1S/C24H25F2N3O4S/c1-31-19-6-3-16(4-7-19)22-27-18(15-34-22)14-28-9-11-29(12-10-28)23(30)17-5-8-20(33-24(25)26)21(13-17)32-2/h3-8,13,15,24H,9-12,14H2,1-2H3. The maximum absolute atomic E-state index is 12.9. The Bertz CT molecular complexity index is 1120. The van der Waals surface area contributed by atoms with Crippen LogP contribution < -0.4 is 14.2 Å². The van der Waals surface area contributed by atoms with Crippen molar-refractivity contribution in [3.8, 4) is 27.8 Å². The van der Waals surface area contributed by atoms with Crippen LogP contribution in [0, 0.1) is 0 Å². The molecule has 180 valence electrons. The highest BCUT2D eigenvalue weighted by molar-refractivity contribution is 7.13. The summed E-state index contributed by atoms with van der Waals surface area (Å²) in [6.45, 7) is 0.295. The summed E-state index contributed by atoms with van der Waals surface area (Å²) in [5.41, 5.74) is 2.42. The van der Waals surface area contributed by atoms with Crippen molar-refractivity contribution < 1.29 is 27.8 Å². The summed E-state index contributed by atoms with van der Waals surface area (Å²) in [5, 5.41) is 3.02. The van der Waals surface area contributed by atoms with E-state index in [0.717, 1.165) is 22.0 Å². The number of rotatable bonds is 8. The van der Waals surface area contributed by atoms with Crippen molar-refractivity contribution in [1.29, 1.82) is 0 Å². The summed E-state index contributed by atoms with van der Waals surface area (Å²) in [4.78, 5) is 21.7. The third-order valence-electron chi connectivity index (χ3n) is 5.56. The Morgan fingerprint density at radius 3 is 2.41 bits per heavy atom. The topological polar surface area (TPSA) is 64.1 Å². The predicted octanol–water partition coefficient (Wildman–Crippen LogP) is 4.39. The van der Waals surface area contributed by atoms with Crippen molar-refractivity contribution in [1.82, 2.24) is 14.8 Å². The van der Waals surface area contributed by atoms with Crippen molar-refractivity contribution in [2.24, 2.45) is 0 Å². The van der Waals surface area contributed by atoms with E-state index in [9.17, 15) is 13.6 Å². The van der Waals surface area contributed by atoms with Gasteiger partial charge in [0.05, 0.1) is 19.9 Å². The maximum atomic E-state index is 12.9. The van der Waals surface area contributed by atoms with Gasteiger partial charge < -0.3 is 19.1 Å². The number of nitrogens with zero attached hydrogens (tertiary/aromatic N) is 3. The largest absolute Gasteiger partial charge is 0.497 e. The first kappa shape index (κ1) is 23.9. The number of hydrogen-bond donors (Lipinski definition) is 0. The van der Waals surface area contributed by atoms with E-state index in [4.69, 9.17) is 14.5 Å². The van der Waals surface area contributed by atoms with Crippen LogP contribution in [0.4, 0.5) is 8.78 Å². The molecule has 0 saturated carbocycles. The van der Waals surface area contributed by atoms with E-state index < -0.39 is 6.61 Å². The van der Waals surface area contributed by atoms with Crippen molar-refractivity contribution in [2.75, 3.05) is 40.4 Å². The van der Waals surface area contributed by atoms with Crippen molar-refractivity contribution in [3.63, 3.8) is 0 Å². The first-order chi connectivity index (χ1) is 16.5. The molecule has 0 atom stereocenters. The molecule has 0 N–H and O–H groups in total. The lowest BCUT2D eigenvalue weighted by Gasteiger charge is -2.34. The summed E-state index contributed by atoms with van der Waals surface area (Å²) >= 11 is 1.60. The minimum absolute atomic E-state index is 0.0981. The van der Waals surface area contributed by atoms with Gasteiger partial charge >= 0.3 is 6.61 Å². The first-order valence-corrected chi connectivity index (χ1v) is 11.6. The highest BCUT2D eigenvalue weighted by Crippen LogP contribution is 2.30. The monoisotopic (exact) mass is 489 g/mol. The van der Waals surface area contributed by atoms with Gasteiger partial charge in [-0.3, -0.25) is 9.69 Å². The number of ether oxygens (including phenoxy) is 3. The molecule has 1 aliphatic rings. The lowest BCUT2D eigenvalue weighted by molar-refractivity contribution is -0.0512. The molecule has 10 heteroatoms. The number of carbonyl (C=O) groups excluding carboxylic acids is 1. The van der Waals surface area contributed by atoms with Gasteiger partial charge in [0.25, 0.3) is 5.91 Å².